The summed E-state index contributed by atoms with van der Waals surface area (Å²) in [4.78, 5) is 4.93. The fraction of sp³-hybridized carbons (Fsp3) is 0.857. The number of rotatable bonds is 2. The zero-order valence-electron chi connectivity index (χ0n) is 11.4. The van der Waals surface area contributed by atoms with Gasteiger partial charge in [-0.25, -0.2) is 0 Å². The number of halogens is 1. The quantitative estimate of drug-likeness (QED) is 0.715. The molecular weight excluding hydrogens is 264 g/mol. The molecule has 0 aromatic rings. The van der Waals surface area contributed by atoms with Gasteiger partial charge in [-0.05, 0) is 12.8 Å². The lowest BCUT2D eigenvalue weighted by atomic mass is 9.96. The normalized spacial score (nSPS) is 34.2. The average molecular weight is 287 g/mol. The van der Waals surface area contributed by atoms with E-state index in [1.807, 2.05) is 0 Å². The molecule has 0 saturated carbocycles. The second-order valence-corrected chi connectivity index (χ2v) is 6.00. The summed E-state index contributed by atoms with van der Waals surface area (Å²) in [5.41, 5.74) is 1.33. The highest BCUT2D eigenvalue weighted by atomic mass is 35.5. The van der Waals surface area contributed by atoms with Crippen molar-refractivity contribution in [3.05, 3.63) is 11.8 Å². The van der Waals surface area contributed by atoms with Crippen molar-refractivity contribution >= 4 is 11.6 Å². The summed E-state index contributed by atoms with van der Waals surface area (Å²) in [7, 11) is 0. The lowest BCUT2D eigenvalue weighted by Gasteiger charge is -2.41. The molecule has 1 aliphatic carbocycles. The van der Waals surface area contributed by atoms with Gasteiger partial charge >= 0.3 is 0 Å². The summed E-state index contributed by atoms with van der Waals surface area (Å²) < 4.78 is 10.8. The molecule has 0 aromatic carbocycles. The van der Waals surface area contributed by atoms with Crippen LogP contribution in [0.1, 0.15) is 12.8 Å². The Morgan fingerprint density at radius 3 is 2.26 bits per heavy atom. The molecular formula is C14H23ClN2O2. The van der Waals surface area contributed by atoms with E-state index in [4.69, 9.17) is 21.1 Å². The topological polar surface area (TPSA) is 24.9 Å². The van der Waals surface area contributed by atoms with Gasteiger partial charge in [-0.2, -0.15) is 0 Å². The maximum Gasteiger partial charge on any atom is 0.0745 e. The Kier molecular flexibility index (Phi) is 4.64. The van der Waals surface area contributed by atoms with Gasteiger partial charge in [0, 0.05) is 37.9 Å². The maximum absolute atomic E-state index is 6.62. The summed E-state index contributed by atoms with van der Waals surface area (Å²) in [5.74, 6) is 0. The molecule has 0 radical (unpaired) electrons. The van der Waals surface area contributed by atoms with Gasteiger partial charge in [0.25, 0.3) is 0 Å². The number of hydrogen-bond donors (Lipinski definition) is 0. The second kappa shape index (κ2) is 6.44. The van der Waals surface area contributed by atoms with Crippen LogP contribution in [0.4, 0.5) is 0 Å². The molecule has 5 heteroatoms. The van der Waals surface area contributed by atoms with Crippen molar-refractivity contribution in [3.63, 3.8) is 0 Å². The zero-order chi connectivity index (χ0) is 13.1. The first kappa shape index (κ1) is 13.7. The zero-order valence-corrected chi connectivity index (χ0v) is 12.1. The molecule has 2 atom stereocenters. The van der Waals surface area contributed by atoms with E-state index >= 15 is 0 Å². The molecule has 0 aromatic heterocycles. The van der Waals surface area contributed by atoms with Crippen LogP contribution in [0.5, 0.6) is 0 Å². The third kappa shape index (κ3) is 3.24. The number of alkyl halides is 1. The smallest absolute Gasteiger partial charge is 0.0745 e. The van der Waals surface area contributed by atoms with Crippen LogP contribution in [0.2, 0.25) is 0 Å². The fourth-order valence-electron chi connectivity index (χ4n) is 3.23. The Labute approximate surface area is 120 Å². The van der Waals surface area contributed by atoms with Crippen molar-refractivity contribution in [1.29, 1.82) is 0 Å². The molecule has 0 N–H and O–H groups in total. The third-order valence-electron chi connectivity index (χ3n) is 4.34. The van der Waals surface area contributed by atoms with Gasteiger partial charge in [0.05, 0.1) is 31.8 Å². The van der Waals surface area contributed by atoms with Gasteiger partial charge in [-0.3, -0.25) is 4.90 Å². The van der Waals surface area contributed by atoms with Crippen LogP contribution in [-0.2, 0) is 9.47 Å². The van der Waals surface area contributed by atoms with Gasteiger partial charge in [0.15, 0.2) is 0 Å². The minimum absolute atomic E-state index is 0.152. The van der Waals surface area contributed by atoms with Crippen LogP contribution < -0.4 is 0 Å². The van der Waals surface area contributed by atoms with Crippen LogP contribution in [-0.4, -0.2) is 73.8 Å². The van der Waals surface area contributed by atoms with Crippen LogP contribution in [0.25, 0.3) is 0 Å². The van der Waals surface area contributed by atoms with E-state index in [0.29, 0.717) is 6.04 Å². The highest BCUT2D eigenvalue weighted by Crippen LogP contribution is 2.30. The molecule has 2 unspecified atom stereocenters. The van der Waals surface area contributed by atoms with Crippen LogP contribution >= 0.6 is 11.6 Å². The van der Waals surface area contributed by atoms with Crippen LogP contribution in [0.3, 0.4) is 0 Å². The monoisotopic (exact) mass is 286 g/mol. The predicted molar refractivity (Wildman–Crippen MR) is 75.5 cm³/mol. The molecule has 2 heterocycles. The standard InChI is InChI=1S/C14H23ClN2O2/c15-13-11-12(16-3-7-18-8-4-16)1-2-14(13)17-5-9-19-10-6-17/h2,12-13H,1,3-11H2. The number of nitrogens with zero attached hydrogens (tertiary/aromatic N) is 2. The molecule has 4 nitrogen and oxygen atoms in total. The highest BCUT2D eigenvalue weighted by molar-refractivity contribution is 6.22. The van der Waals surface area contributed by atoms with E-state index in [2.05, 4.69) is 15.9 Å². The van der Waals surface area contributed by atoms with Gasteiger partial charge in [-0.1, -0.05) is 6.08 Å². The lowest BCUT2D eigenvalue weighted by Crippen LogP contribution is -2.47. The largest absolute Gasteiger partial charge is 0.379 e. The molecule has 0 bridgehead atoms. The third-order valence-corrected chi connectivity index (χ3v) is 4.74. The van der Waals surface area contributed by atoms with Crippen molar-refractivity contribution in [3.8, 4) is 0 Å². The van der Waals surface area contributed by atoms with E-state index in [0.717, 1.165) is 65.4 Å². The summed E-state index contributed by atoms with van der Waals surface area (Å²) >= 11 is 6.62. The van der Waals surface area contributed by atoms with Gasteiger partial charge < -0.3 is 14.4 Å². The first-order valence-electron chi connectivity index (χ1n) is 7.33. The van der Waals surface area contributed by atoms with E-state index in [-0.39, 0.29) is 5.38 Å². The average Bonchev–Trinajstić information content (AvgIpc) is 2.49. The minimum atomic E-state index is 0.152. The van der Waals surface area contributed by atoms with Gasteiger partial charge in [0.2, 0.25) is 0 Å². The predicted octanol–water partition coefficient (Wildman–Crippen LogP) is 1.30. The molecule has 0 spiro atoms. The fourth-order valence-corrected chi connectivity index (χ4v) is 3.66. The molecule has 2 saturated heterocycles. The molecule has 3 rings (SSSR count). The van der Waals surface area contributed by atoms with Crippen LogP contribution in [0.15, 0.2) is 11.8 Å². The van der Waals surface area contributed by atoms with Crippen LogP contribution in [0, 0.1) is 0 Å². The molecule has 2 fully saturated rings. The van der Waals surface area contributed by atoms with Crippen molar-refractivity contribution in [2.24, 2.45) is 0 Å². The van der Waals surface area contributed by atoms with Crippen molar-refractivity contribution in [2.45, 2.75) is 24.3 Å². The van der Waals surface area contributed by atoms with E-state index in [9.17, 15) is 0 Å². The Morgan fingerprint density at radius 1 is 1.00 bits per heavy atom. The highest BCUT2D eigenvalue weighted by Gasteiger charge is 2.30. The molecule has 19 heavy (non-hydrogen) atoms. The number of morpholine rings is 2. The van der Waals surface area contributed by atoms with E-state index < -0.39 is 0 Å². The van der Waals surface area contributed by atoms with Crippen molar-refractivity contribution in [1.82, 2.24) is 9.80 Å². The van der Waals surface area contributed by atoms with E-state index in [1.54, 1.807) is 0 Å². The van der Waals surface area contributed by atoms with Gasteiger partial charge in [0.1, 0.15) is 0 Å². The summed E-state index contributed by atoms with van der Waals surface area (Å²) in [6.45, 7) is 7.45. The molecule has 3 aliphatic rings. The molecule has 108 valence electrons. The molecule has 2 aliphatic heterocycles. The Morgan fingerprint density at radius 2 is 1.63 bits per heavy atom. The number of ether oxygens (including phenoxy) is 2. The lowest BCUT2D eigenvalue weighted by molar-refractivity contribution is 0.0124. The summed E-state index contributed by atoms with van der Waals surface area (Å²) in [6, 6.07) is 0.594. The van der Waals surface area contributed by atoms with Crippen molar-refractivity contribution < 1.29 is 9.47 Å². The summed E-state index contributed by atoms with van der Waals surface area (Å²) in [6.07, 6.45) is 4.53. The second-order valence-electron chi connectivity index (χ2n) is 5.47. The SMILES string of the molecule is ClC1CC(N2CCOCC2)CC=C1N1CCOCC1. The Hall–Kier alpha value is -0.290. The van der Waals surface area contributed by atoms with Gasteiger partial charge in [-0.15, -0.1) is 11.6 Å². The van der Waals surface area contributed by atoms with Crippen molar-refractivity contribution in [2.75, 3.05) is 52.6 Å². The Balaban J connectivity index is 1.60. The number of hydrogen-bond acceptors (Lipinski definition) is 4. The first-order valence-corrected chi connectivity index (χ1v) is 7.77. The maximum atomic E-state index is 6.62. The number of allylic oxidation sites excluding steroid dienone is 1. The minimum Gasteiger partial charge on any atom is -0.379 e. The first-order chi connectivity index (χ1) is 9.34. The summed E-state index contributed by atoms with van der Waals surface area (Å²) in [5, 5.41) is 0.152. The van der Waals surface area contributed by atoms with E-state index in [1.165, 1.54) is 5.70 Å². The Bertz CT molecular complexity index is 325. The molecule has 0 amide bonds.